The summed E-state index contributed by atoms with van der Waals surface area (Å²) >= 11 is 0. The first-order chi connectivity index (χ1) is 9.82. The summed E-state index contributed by atoms with van der Waals surface area (Å²) in [5.41, 5.74) is 7.58. The molecule has 1 heterocycles. The molecule has 0 saturated carbocycles. The smallest absolute Gasteiger partial charge is 0.139 e. The molecule has 0 unspecified atom stereocenters. The zero-order valence-electron chi connectivity index (χ0n) is 14.1. The van der Waals surface area contributed by atoms with Gasteiger partial charge in [0.15, 0.2) is 0 Å². The first-order valence-corrected chi connectivity index (χ1v) is 7.87. The van der Waals surface area contributed by atoms with Crippen LogP contribution in [0, 0.1) is 24.2 Å². The second-order valence-corrected chi connectivity index (χ2v) is 6.59. The van der Waals surface area contributed by atoms with E-state index in [9.17, 15) is 0 Å². The molecule has 0 saturated heterocycles. The highest BCUT2D eigenvalue weighted by Crippen LogP contribution is 2.22. The normalized spacial score (nSPS) is 11.2. The number of hydrogen-bond donors (Lipinski definition) is 2. The van der Waals surface area contributed by atoms with Gasteiger partial charge in [0, 0.05) is 19.3 Å². The quantitative estimate of drug-likeness (QED) is 0.568. The first-order valence-electron chi connectivity index (χ1n) is 7.87. The van der Waals surface area contributed by atoms with Crippen molar-refractivity contribution in [2.24, 2.45) is 17.6 Å². The summed E-state index contributed by atoms with van der Waals surface area (Å²) in [6.45, 7) is 12.8. The molecule has 0 aromatic carbocycles. The van der Waals surface area contributed by atoms with E-state index in [4.69, 9.17) is 11.1 Å². The van der Waals surface area contributed by atoms with E-state index in [1.54, 1.807) is 0 Å². The van der Waals surface area contributed by atoms with Crippen LogP contribution in [0.4, 0.5) is 5.82 Å². The number of nitrogens with one attached hydrogen (secondary N) is 1. The number of nitrogen functional groups attached to an aromatic ring is 1. The third-order valence-corrected chi connectivity index (χ3v) is 3.66. The van der Waals surface area contributed by atoms with E-state index in [1.807, 2.05) is 19.2 Å². The minimum Gasteiger partial charge on any atom is -0.384 e. The lowest BCUT2D eigenvalue weighted by Crippen LogP contribution is -2.31. The van der Waals surface area contributed by atoms with Gasteiger partial charge in [-0.1, -0.05) is 27.7 Å². The number of anilines is 1. The van der Waals surface area contributed by atoms with Gasteiger partial charge in [0.25, 0.3) is 0 Å². The van der Waals surface area contributed by atoms with Crippen molar-refractivity contribution in [3.05, 3.63) is 23.4 Å². The fourth-order valence-corrected chi connectivity index (χ4v) is 2.27. The fourth-order valence-electron chi connectivity index (χ4n) is 2.27. The number of nitrogens with zero attached hydrogens (tertiary/aromatic N) is 2. The van der Waals surface area contributed by atoms with Crippen molar-refractivity contribution in [3.63, 3.8) is 0 Å². The van der Waals surface area contributed by atoms with Crippen molar-refractivity contribution in [1.29, 1.82) is 5.41 Å². The molecular formula is C17H30N4. The van der Waals surface area contributed by atoms with Crippen LogP contribution in [0.3, 0.4) is 0 Å². The maximum atomic E-state index is 7.85. The molecule has 0 atom stereocenters. The molecule has 21 heavy (non-hydrogen) atoms. The zero-order valence-corrected chi connectivity index (χ0v) is 14.1. The van der Waals surface area contributed by atoms with Gasteiger partial charge in [-0.2, -0.15) is 0 Å². The van der Waals surface area contributed by atoms with Gasteiger partial charge in [-0.05, 0) is 43.2 Å². The second-order valence-electron chi connectivity index (χ2n) is 6.59. The van der Waals surface area contributed by atoms with E-state index in [1.165, 1.54) is 0 Å². The summed E-state index contributed by atoms with van der Waals surface area (Å²) in [5.74, 6) is 2.27. The highest BCUT2D eigenvalue weighted by Gasteiger charge is 2.17. The summed E-state index contributed by atoms with van der Waals surface area (Å²) in [6, 6.07) is 1.92. The lowest BCUT2D eigenvalue weighted by molar-refractivity contribution is 0.533. The van der Waals surface area contributed by atoms with Crippen LogP contribution in [0.25, 0.3) is 0 Å². The van der Waals surface area contributed by atoms with Crippen molar-refractivity contribution < 1.29 is 0 Å². The van der Waals surface area contributed by atoms with Crippen LogP contribution in [0.1, 0.15) is 51.7 Å². The Hall–Kier alpha value is -1.58. The molecule has 0 fully saturated rings. The fraction of sp³-hybridized carbons (Fsp3) is 0.647. The van der Waals surface area contributed by atoms with Gasteiger partial charge in [-0.3, -0.25) is 5.41 Å². The van der Waals surface area contributed by atoms with Crippen molar-refractivity contribution in [1.82, 2.24) is 4.98 Å². The van der Waals surface area contributed by atoms with Crippen LogP contribution >= 0.6 is 0 Å². The molecule has 0 aliphatic rings. The van der Waals surface area contributed by atoms with Crippen molar-refractivity contribution in [2.75, 3.05) is 18.0 Å². The Morgan fingerprint density at radius 2 is 1.71 bits per heavy atom. The largest absolute Gasteiger partial charge is 0.384 e. The molecule has 4 nitrogen and oxygen atoms in total. The molecule has 1 aromatic heterocycles. The van der Waals surface area contributed by atoms with Crippen LogP contribution in [0.5, 0.6) is 0 Å². The molecule has 118 valence electrons. The summed E-state index contributed by atoms with van der Waals surface area (Å²) in [4.78, 5) is 6.82. The standard InChI is InChI=1S/C17H30N4/c1-12(2)7-10-21(11-8-13(3)4)17-15(16(18)19)14(5)6-9-20-17/h6,9,12-13H,7-8,10-11H2,1-5H3,(H3,18,19). The monoisotopic (exact) mass is 290 g/mol. The average Bonchev–Trinajstić information content (AvgIpc) is 2.37. The number of rotatable bonds is 8. The molecule has 3 N–H and O–H groups in total. The van der Waals surface area contributed by atoms with Crippen molar-refractivity contribution in [3.8, 4) is 0 Å². The van der Waals surface area contributed by atoms with Crippen LogP contribution in [0.2, 0.25) is 0 Å². The van der Waals surface area contributed by atoms with Crippen molar-refractivity contribution >= 4 is 11.7 Å². The van der Waals surface area contributed by atoms with E-state index >= 15 is 0 Å². The Morgan fingerprint density at radius 1 is 1.19 bits per heavy atom. The summed E-state index contributed by atoms with van der Waals surface area (Å²) in [6.07, 6.45) is 4.05. The minimum absolute atomic E-state index is 0.106. The number of pyridine rings is 1. The molecule has 0 aliphatic heterocycles. The molecule has 1 aromatic rings. The number of aryl methyl sites for hydroxylation is 1. The Kier molecular flexibility index (Phi) is 6.66. The molecule has 0 spiro atoms. The van der Waals surface area contributed by atoms with Gasteiger partial charge in [0.1, 0.15) is 11.7 Å². The Labute approximate surface area is 129 Å². The maximum Gasteiger partial charge on any atom is 0.139 e. The predicted molar refractivity (Wildman–Crippen MR) is 91.1 cm³/mol. The van der Waals surface area contributed by atoms with Crippen LogP contribution in [-0.2, 0) is 0 Å². The third kappa shape index (κ3) is 5.37. The predicted octanol–water partition coefficient (Wildman–Crippen LogP) is 3.57. The molecule has 1 rings (SSSR count). The number of hydrogen-bond acceptors (Lipinski definition) is 3. The summed E-state index contributed by atoms with van der Waals surface area (Å²) in [7, 11) is 0. The van der Waals surface area contributed by atoms with E-state index in [2.05, 4.69) is 37.6 Å². The Bertz CT molecular complexity index is 454. The number of amidine groups is 1. The minimum atomic E-state index is 0.106. The number of aromatic nitrogens is 1. The van der Waals surface area contributed by atoms with E-state index in [0.717, 1.165) is 42.9 Å². The molecule has 0 aliphatic carbocycles. The molecule has 0 amide bonds. The SMILES string of the molecule is Cc1ccnc(N(CCC(C)C)CCC(C)C)c1C(=N)N. The molecule has 0 bridgehead atoms. The topological polar surface area (TPSA) is 66.0 Å². The van der Waals surface area contributed by atoms with Crippen LogP contribution < -0.4 is 10.6 Å². The second kappa shape index (κ2) is 8.01. The summed E-state index contributed by atoms with van der Waals surface area (Å²) < 4.78 is 0. The molecular weight excluding hydrogens is 260 g/mol. The van der Waals surface area contributed by atoms with E-state index in [0.29, 0.717) is 11.8 Å². The summed E-state index contributed by atoms with van der Waals surface area (Å²) in [5, 5.41) is 7.85. The maximum absolute atomic E-state index is 7.85. The lowest BCUT2D eigenvalue weighted by atomic mass is 10.1. The first kappa shape index (κ1) is 17.5. The zero-order chi connectivity index (χ0) is 16.0. The molecule has 0 radical (unpaired) electrons. The van der Waals surface area contributed by atoms with Crippen LogP contribution in [0.15, 0.2) is 12.3 Å². The van der Waals surface area contributed by atoms with E-state index in [-0.39, 0.29) is 5.84 Å². The Morgan fingerprint density at radius 3 is 2.14 bits per heavy atom. The van der Waals surface area contributed by atoms with E-state index < -0.39 is 0 Å². The highest BCUT2D eigenvalue weighted by atomic mass is 15.2. The van der Waals surface area contributed by atoms with Crippen LogP contribution in [-0.4, -0.2) is 23.9 Å². The molecule has 4 heteroatoms. The van der Waals surface area contributed by atoms with Gasteiger partial charge in [0.2, 0.25) is 0 Å². The van der Waals surface area contributed by atoms with Gasteiger partial charge in [-0.25, -0.2) is 4.98 Å². The average molecular weight is 290 g/mol. The number of nitrogens with two attached hydrogens (primary N) is 1. The highest BCUT2D eigenvalue weighted by molar-refractivity contribution is 6.01. The van der Waals surface area contributed by atoms with Gasteiger partial charge in [0.05, 0.1) is 5.56 Å². The Balaban J connectivity index is 3.06. The lowest BCUT2D eigenvalue weighted by Gasteiger charge is -2.28. The van der Waals surface area contributed by atoms with Crippen molar-refractivity contribution in [2.45, 2.75) is 47.5 Å². The van der Waals surface area contributed by atoms with Gasteiger partial charge < -0.3 is 10.6 Å². The third-order valence-electron chi connectivity index (χ3n) is 3.66. The van der Waals surface area contributed by atoms with Gasteiger partial charge >= 0.3 is 0 Å². The van der Waals surface area contributed by atoms with Gasteiger partial charge in [-0.15, -0.1) is 0 Å².